The maximum absolute atomic E-state index is 12.2. The van der Waals surface area contributed by atoms with E-state index in [2.05, 4.69) is 5.32 Å². The van der Waals surface area contributed by atoms with E-state index in [4.69, 9.17) is 5.11 Å². The smallest absolute Gasteiger partial charge is 0.306 e. The van der Waals surface area contributed by atoms with E-state index >= 15 is 0 Å². The normalized spacial score (nSPS) is 12.0. The number of hydrogen-bond acceptors (Lipinski definition) is 3. The van der Waals surface area contributed by atoms with Gasteiger partial charge in [0.05, 0.1) is 10.8 Å². The van der Waals surface area contributed by atoms with Gasteiger partial charge in [-0.2, -0.15) is 0 Å². The van der Waals surface area contributed by atoms with Crippen molar-refractivity contribution in [2.24, 2.45) is 5.92 Å². The number of anilines is 1. The molecule has 2 N–H and O–H groups in total. The van der Waals surface area contributed by atoms with Crippen molar-refractivity contribution in [3.8, 4) is 0 Å². The number of aryl methyl sites for hydroxylation is 2. The molecule has 1 unspecified atom stereocenters. The van der Waals surface area contributed by atoms with Crippen LogP contribution in [0.1, 0.15) is 32.6 Å². The Labute approximate surface area is 133 Å². The number of carbonyl (C=O) groups is 2. The third-order valence-corrected chi connectivity index (χ3v) is 4.72. The Morgan fingerprint density at radius 3 is 2.36 bits per heavy atom. The first-order chi connectivity index (χ1) is 10.4. The second kappa shape index (κ2) is 6.75. The van der Waals surface area contributed by atoms with Crippen LogP contribution in [0.4, 0.5) is 5.69 Å². The maximum atomic E-state index is 12.2. The highest BCUT2D eigenvalue weighted by molar-refractivity contribution is 7.14. The Kier molecular flexibility index (Phi) is 4.98. The van der Waals surface area contributed by atoms with Crippen LogP contribution >= 0.6 is 11.3 Å². The summed E-state index contributed by atoms with van der Waals surface area (Å²) in [7, 11) is 0. The molecule has 0 saturated carbocycles. The summed E-state index contributed by atoms with van der Waals surface area (Å²) in [5.74, 6) is -1.34. The van der Waals surface area contributed by atoms with E-state index in [0.717, 1.165) is 16.0 Å². The number of amides is 1. The Morgan fingerprint density at radius 1 is 1.23 bits per heavy atom. The summed E-state index contributed by atoms with van der Waals surface area (Å²) in [5, 5.41) is 11.8. The first kappa shape index (κ1) is 16.2. The number of carboxylic acid groups (broad SMARTS) is 1. The molecule has 0 saturated heterocycles. The minimum Gasteiger partial charge on any atom is -0.481 e. The Morgan fingerprint density at radius 2 is 1.86 bits per heavy atom. The molecule has 0 aliphatic carbocycles. The van der Waals surface area contributed by atoms with E-state index in [1.165, 1.54) is 11.3 Å². The molecule has 1 aromatic heterocycles. The van der Waals surface area contributed by atoms with Gasteiger partial charge in [-0.1, -0.05) is 19.1 Å². The monoisotopic (exact) mass is 317 g/mol. The summed E-state index contributed by atoms with van der Waals surface area (Å²) in [6, 6.07) is 9.18. The summed E-state index contributed by atoms with van der Waals surface area (Å²) < 4.78 is 0. The highest BCUT2D eigenvalue weighted by Crippen LogP contribution is 2.22. The molecular weight excluding hydrogens is 298 g/mol. The van der Waals surface area contributed by atoms with Crippen LogP contribution in [-0.4, -0.2) is 17.0 Å². The van der Waals surface area contributed by atoms with Crippen molar-refractivity contribution in [3.63, 3.8) is 0 Å². The van der Waals surface area contributed by atoms with Crippen LogP contribution in [0.15, 0.2) is 30.3 Å². The van der Waals surface area contributed by atoms with Gasteiger partial charge in [-0.3, -0.25) is 9.59 Å². The van der Waals surface area contributed by atoms with Crippen molar-refractivity contribution in [3.05, 3.63) is 51.2 Å². The third kappa shape index (κ3) is 3.95. The van der Waals surface area contributed by atoms with Crippen molar-refractivity contribution < 1.29 is 14.7 Å². The van der Waals surface area contributed by atoms with E-state index in [-0.39, 0.29) is 5.91 Å². The second-order valence-corrected chi connectivity index (χ2v) is 6.70. The summed E-state index contributed by atoms with van der Waals surface area (Å²) in [4.78, 5) is 24.8. The lowest BCUT2D eigenvalue weighted by Gasteiger charge is -2.08. The molecule has 1 amide bonds. The average Bonchev–Trinajstić information content (AvgIpc) is 2.81. The minimum atomic E-state index is -0.805. The van der Waals surface area contributed by atoms with Gasteiger partial charge in [0.15, 0.2) is 0 Å². The van der Waals surface area contributed by atoms with Gasteiger partial charge in [0.25, 0.3) is 5.91 Å². The quantitative estimate of drug-likeness (QED) is 0.879. The fourth-order valence-corrected chi connectivity index (χ4v) is 2.97. The highest BCUT2D eigenvalue weighted by atomic mass is 32.1. The summed E-state index contributed by atoms with van der Waals surface area (Å²) in [5.41, 5.74) is 2.77. The van der Waals surface area contributed by atoms with Crippen LogP contribution in [0, 0.1) is 19.8 Å². The zero-order valence-corrected chi connectivity index (χ0v) is 13.7. The van der Waals surface area contributed by atoms with Crippen molar-refractivity contribution in [1.29, 1.82) is 0 Å². The minimum absolute atomic E-state index is 0.118. The number of benzene rings is 1. The van der Waals surface area contributed by atoms with E-state index in [1.54, 1.807) is 19.1 Å². The van der Waals surface area contributed by atoms with Gasteiger partial charge in [-0.25, -0.2) is 0 Å². The van der Waals surface area contributed by atoms with Gasteiger partial charge >= 0.3 is 5.97 Å². The number of hydrogen-bond donors (Lipinski definition) is 2. The third-order valence-electron chi connectivity index (χ3n) is 3.57. The van der Waals surface area contributed by atoms with E-state index < -0.39 is 11.9 Å². The van der Waals surface area contributed by atoms with Gasteiger partial charge in [0.1, 0.15) is 0 Å². The molecule has 0 aliphatic heterocycles. The van der Waals surface area contributed by atoms with Crippen LogP contribution in [0.25, 0.3) is 0 Å². The van der Waals surface area contributed by atoms with Gasteiger partial charge in [0.2, 0.25) is 0 Å². The molecule has 22 heavy (non-hydrogen) atoms. The molecule has 116 valence electrons. The predicted molar refractivity (Wildman–Crippen MR) is 88.7 cm³/mol. The molecule has 0 bridgehead atoms. The molecular formula is C17H19NO3S. The largest absolute Gasteiger partial charge is 0.481 e. The van der Waals surface area contributed by atoms with Gasteiger partial charge in [0, 0.05) is 10.6 Å². The first-order valence-corrected chi connectivity index (χ1v) is 7.88. The van der Waals surface area contributed by atoms with Crippen LogP contribution in [0.3, 0.4) is 0 Å². The number of rotatable bonds is 5. The van der Waals surface area contributed by atoms with E-state index in [0.29, 0.717) is 17.0 Å². The average molecular weight is 317 g/mol. The summed E-state index contributed by atoms with van der Waals surface area (Å²) in [6.07, 6.45) is 0.479. The van der Waals surface area contributed by atoms with Crippen LogP contribution in [0.2, 0.25) is 0 Å². The molecule has 0 fully saturated rings. The molecule has 5 heteroatoms. The molecule has 0 aliphatic rings. The molecule has 1 aromatic carbocycles. The lowest BCUT2D eigenvalue weighted by molar-refractivity contribution is -0.141. The number of nitrogens with one attached hydrogen (secondary N) is 1. The predicted octanol–water partition coefficient (Wildman–Crippen LogP) is 3.88. The summed E-state index contributed by atoms with van der Waals surface area (Å²) in [6.45, 7) is 5.66. The highest BCUT2D eigenvalue weighted by Gasteiger charge is 2.13. The fourth-order valence-electron chi connectivity index (χ4n) is 2.04. The van der Waals surface area contributed by atoms with Crippen molar-refractivity contribution in [1.82, 2.24) is 0 Å². The topological polar surface area (TPSA) is 66.4 Å². The lowest BCUT2D eigenvalue weighted by atomic mass is 10.0. The molecule has 1 heterocycles. The van der Waals surface area contributed by atoms with Crippen molar-refractivity contribution in [2.45, 2.75) is 27.2 Å². The Balaban J connectivity index is 2.02. The maximum Gasteiger partial charge on any atom is 0.306 e. The molecule has 2 rings (SSSR count). The zero-order valence-electron chi connectivity index (χ0n) is 12.8. The summed E-state index contributed by atoms with van der Waals surface area (Å²) >= 11 is 1.48. The fraction of sp³-hybridized carbons (Fsp3) is 0.294. The molecule has 0 radical (unpaired) electrons. The Hall–Kier alpha value is -2.14. The number of aliphatic carboxylic acids is 1. The van der Waals surface area contributed by atoms with Crippen LogP contribution in [-0.2, 0) is 11.2 Å². The van der Waals surface area contributed by atoms with E-state index in [9.17, 15) is 9.59 Å². The number of carboxylic acids is 1. The zero-order chi connectivity index (χ0) is 16.3. The second-order valence-electron chi connectivity index (χ2n) is 5.44. The van der Waals surface area contributed by atoms with Crippen LogP contribution in [0.5, 0.6) is 0 Å². The molecule has 2 aromatic rings. The lowest BCUT2D eigenvalue weighted by Crippen LogP contribution is -2.12. The van der Waals surface area contributed by atoms with E-state index in [1.807, 2.05) is 32.0 Å². The first-order valence-electron chi connectivity index (χ1n) is 7.07. The van der Waals surface area contributed by atoms with Gasteiger partial charge in [-0.05, 0) is 49.6 Å². The number of carbonyl (C=O) groups excluding carboxylic acids is 1. The SMILES string of the molecule is Cc1cc(C(=O)Nc2ccc(CC(C)C(=O)O)cc2)sc1C. The standard InChI is InChI=1S/C17H19NO3S/c1-10-9-15(22-12(10)3)16(19)18-14-6-4-13(5-7-14)8-11(2)17(20)21/h4-7,9,11H,8H2,1-3H3,(H,18,19)(H,20,21). The molecule has 1 atom stereocenters. The van der Waals surface area contributed by atoms with Crippen LogP contribution < -0.4 is 5.32 Å². The number of thiophene rings is 1. The van der Waals surface area contributed by atoms with Gasteiger partial charge < -0.3 is 10.4 Å². The Bertz CT molecular complexity index is 669. The molecule has 4 nitrogen and oxygen atoms in total. The molecule has 0 spiro atoms. The van der Waals surface area contributed by atoms with Crippen molar-refractivity contribution in [2.75, 3.05) is 5.32 Å². The van der Waals surface area contributed by atoms with Crippen molar-refractivity contribution >= 4 is 28.9 Å². The van der Waals surface area contributed by atoms with Gasteiger partial charge in [-0.15, -0.1) is 11.3 Å².